The fourth-order valence-electron chi connectivity index (χ4n) is 10.9. The van der Waals surface area contributed by atoms with Crippen LogP contribution in [0.5, 0.6) is 0 Å². The van der Waals surface area contributed by atoms with Crippen molar-refractivity contribution in [3.05, 3.63) is 104 Å². The third kappa shape index (κ3) is 12.2. The van der Waals surface area contributed by atoms with Gasteiger partial charge in [0.15, 0.2) is 11.4 Å². The van der Waals surface area contributed by atoms with Crippen LogP contribution in [-0.2, 0) is 79.6 Å². The topological polar surface area (TPSA) is 245 Å². The Morgan fingerprint density at radius 2 is 1.65 bits per heavy atom. The number of unbranched alkanes of at least 4 members (excludes halogenated alkanes) is 2. The Labute approximate surface area is 463 Å². The molecule has 2 aromatic carbocycles. The van der Waals surface area contributed by atoms with Gasteiger partial charge in [0.05, 0.1) is 41.1 Å². The number of carbonyl (C=O) groups excluding carboxylic acids is 8. The van der Waals surface area contributed by atoms with E-state index in [0.29, 0.717) is 72.4 Å². The summed E-state index contributed by atoms with van der Waals surface area (Å²) in [7, 11) is 3.67. The fourth-order valence-corrected chi connectivity index (χ4v) is 10.9. The molecule has 2 aromatic heterocycles. The van der Waals surface area contributed by atoms with Crippen LogP contribution < -0.4 is 21.5 Å². The molecule has 6 amide bonds. The molecule has 0 radical (unpaired) electrons. The van der Waals surface area contributed by atoms with Crippen molar-refractivity contribution >= 4 is 64.0 Å². The van der Waals surface area contributed by atoms with Gasteiger partial charge >= 0.3 is 12.1 Å². The van der Waals surface area contributed by atoms with Crippen molar-refractivity contribution < 1.29 is 57.0 Å². The van der Waals surface area contributed by atoms with Gasteiger partial charge in [0.1, 0.15) is 25.8 Å². The number of aromatic nitrogens is 2. The molecule has 1 aliphatic carbocycles. The van der Waals surface area contributed by atoms with Crippen LogP contribution in [0.25, 0.3) is 22.3 Å². The number of ketones is 1. The number of anilines is 1. The summed E-state index contributed by atoms with van der Waals surface area (Å²) in [6.45, 7) is 10.5. The highest BCUT2D eigenvalue weighted by Gasteiger charge is 2.49. The molecule has 5 heterocycles. The van der Waals surface area contributed by atoms with E-state index >= 15 is 4.39 Å². The maximum absolute atomic E-state index is 15.5. The number of rotatable bonds is 24. The minimum atomic E-state index is -1.83. The van der Waals surface area contributed by atoms with Crippen molar-refractivity contribution in [1.29, 1.82) is 0 Å². The number of Topliss-reactive ketones (excluding diaryl/α,β-unsaturated/α-hetero) is 1. The van der Waals surface area contributed by atoms with Gasteiger partial charge in [-0.25, -0.2) is 19.0 Å². The van der Waals surface area contributed by atoms with Gasteiger partial charge < -0.3 is 39.6 Å². The van der Waals surface area contributed by atoms with Crippen LogP contribution in [0, 0.1) is 24.6 Å². The Bertz CT molecular complexity index is 3210. The predicted octanol–water partition coefficient (Wildman–Crippen LogP) is 6.38. The molecule has 20 nitrogen and oxygen atoms in total. The lowest BCUT2D eigenvalue weighted by molar-refractivity contribution is -0.187. The molecule has 4 aromatic rings. The van der Waals surface area contributed by atoms with Crippen molar-refractivity contribution in [2.24, 2.45) is 11.8 Å². The Kier molecular flexibility index (Phi) is 18.1. The summed E-state index contributed by atoms with van der Waals surface area (Å²) in [6, 6.07) is 8.52. The van der Waals surface area contributed by atoms with E-state index in [1.807, 2.05) is 32.8 Å². The first-order valence-electron chi connectivity index (χ1n) is 27.5. The van der Waals surface area contributed by atoms with Gasteiger partial charge in [0.2, 0.25) is 17.7 Å². The Hall–Kier alpha value is -7.65. The van der Waals surface area contributed by atoms with Crippen LogP contribution in [0.3, 0.4) is 0 Å². The van der Waals surface area contributed by atoms with E-state index in [1.165, 1.54) is 23.1 Å². The first kappa shape index (κ1) is 58.5. The zero-order chi connectivity index (χ0) is 57.7. The smallest absolute Gasteiger partial charge is 0.411 e. The zero-order valence-corrected chi connectivity index (χ0v) is 46.8. The number of halogens is 1. The molecule has 4 atom stereocenters. The summed E-state index contributed by atoms with van der Waals surface area (Å²) < 4.78 is 35.0. The number of carbonyl (C=O) groups is 8. The quantitative estimate of drug-likeness (QED) is 0.0263. The van der Waals surface area contributed by atoms with Gasteiger partial charge in [-0.15, -0.1) is 0 Å². The number of aryl methyl sites for hydroxylation is 1. The number of likely N-dealkylation sites (N-methyl/N-ethyl adjacent to an activating group) is 1. The molecule has 0 bridgehead atoms. The largest absolute Gasteiger partial charge is 0.458 e. The predicted molar refractivity (Wildman–Crippen MR) is 293 cm³/mol. The van der Waals surface area contributed by atoms with Gasteiger partial charge in [-0.2, -0.15) is 0 Å². The number of benzene rings is 2. The summed E-state index contributed by atoms with van der Waals surface area (Å²) >= 11 is 0. The third-order valence-corrected chi connectivity index (χ3v) is 15.6. The lowest BCUT2D eigenvalue weighted by Gasteiger charge is -2.37. The summed E-state index contributed by atoms with van der Waals surface area (Å²) in [5, 5.41) is 9.56. The molecule has 0 fully saturated rings. The summed E-state index contributed by atoms with van der Waals surface area (Å²) in [5.41, 5.74) is 3.34. The van der Waals surface area contributed by atoms with Gasteiger partial charge in [-0.3, -0.25) is 43.4 Å². The number of amides is 6. The number of esters is 1. The fraction of sp³-hybridized carbons (Fsp3) is 0.492. The second kappa shape index (κ2) is 24.8. The summed E-state index contributed by atoms with van der Waals surface area (Å²) in [5.74, 6) is -3.95. The third-order valence-electron chi connectivity index (χ3n) is 15.6. The summed E-state index contributed by atoms with van der Waals surface area (Å²) in [6.07, 6.45) is 4.78. The van der Waals surface area contributed by atoms with Gasteiger partial charge in [0, 0.05) is 85.2 Å². The Balaban J connectivity index is 0.902. The van der Waals surface area contributed by atoms with Crippen molar-refractivity contribution in [3.63, 3.8) is 0 Å². The van der Waals surface area contributed by atoms with Crippen molar-refractivity contribution in [2.45, 2.75) is 137 Å². The maximum Gasteiger partial charge on any atom is 0.411 e. The molecule has 0 spiro atoms. The Morgan fingerprint density at radius 3 is 2.33 bits per heavy atom. The van der Waals surface area contributed by atoms with Crippen molar-refractivity contribution in [3.8, 4) is 11.4 Å². The zero-order valence-electron chi connectivity index (χ0n) is 46.8. The molecule has 0 unspecified atom stereocenters. The van der Waals surface area contributed by atoms with E-state index in [2.05, 4.69) is 16.0 Å². The minimum absolute atomic E-state index is 0.0204. The number of fused-ring (bicyclic) bond motifs is 5. The SMILES string of the molecule is CCC(=O)N[C@H]1CCc2c(C)c(F)cc3nc4c(c1c23)Cn1c-4cc2c(c1=O)COC(=O)[C@@]2(CC)OCN(CCN(C)C)C(=O)OCc1ccc(NC(=O)[C@H](C)CC(=O)[C@@H](NC(=O)CCCCCN2C(=O)C=CC2=O)C(C)C)cc1. The number of hydrogen-bond acceptors (Lipinski definition) is 14. The van der Waals surface area contributed by atoms with E-state index in [0.717, 1.165) is 27.0 Å². The molecule has 0 saturated carbocycles. The second-order valence-electron chi connectivity index (χ2n) is 21.7. The summed E-state index contributed by atoms with van der Waals surface area (Å²) in [4.78, 5) is 128. The number of cyclic esters (lactones) is 1. The van der Waals surface area contributed by atoms with E-state index in [4.69, 9.17) is 19.2 Å². The van der Waals surface area contributed by atoms with E-state index < -0.39 is 59.7 Å². The van der Waals surface area contributed by atoms with Crippen LogP contribution in [0.4, 0.5) is 14.9 Å². The Morgan fingerprint density at radius 1 is 0.925 bits per heavy atom. The molecule has 8 rings (SSSR count). The number of nitrogens with zero attached hydrogens (tertiary/aromatic N) is 5. The average molecular weight is 1100 g/mol. The molecule has 0 saturated heterocycles. The first-order valence-corrected chi connectivity index (χ1v) is 27.5. The molecule has 21 heteroatoms. The monoisotopic (exact) mass is 1100 g/mol. The standard InChI is InChI=1S/C59H71FN8O12/c1-9-47(70)62-43-20-19-38-35(6)42(60)28-44-51(38)52(43)39-29-68-45(54(39)63-44)27-41-40(56(68)75)31-78-57(76)59(41,10-2)80-32-66(25-24-65(7)8)58(77)79-30-36-15-17-37(18-16-36)61-55(74)34(5)26-46(69)53(33(3)4)64-48(71)14-12-11-13-23-67-49(72)21-22-50(67)73/h15-18,21-22,27-28,33-34,43,53H,9-14,19-20,23-26,29-32H2,1-8H3,(H,61,74)(H,62,70)(H,64,71)/t34-,43+,53+,59+/m1/s1. The molecule has 80 heavy (non-hydrogen) atoms. The molecule has 3 N–H and O–H groups in total. The lowest BCUT2D eigenvalue weighted by Crippen LogP contribution is -2.49. The molecular weight excluding hydrogens is 1030 g/mol. The van der Waals surface area contributed by atoms with Crippen LogP contribution in [0.2, 0.25) is 0 Å². The highest BCUT2D eigenvalue weighted by atomic mass is 19.1. The molecular formula is C59H71FN8O12. The number of nitrogens with one attached hydrogen (secondary N) is 3. The van der Waals surface area contributed by atoms with Crippen LogP contribution in [-0.4, -0.2) is 118 Å². The van der Waals surface area contributed by atoms with E-state index in [9.17, 15) is 43.2 Å². The van der Waals surface area contributed by atoms with Gasteiger partial charge in [-0.05, 0) is 99.5 Å². The molecule has 3 aliphatic heterocycles. The highest BCUT2D eigenvalue weighted by molar-refractivity contribution is 6.12. The number of imide groups is 1. The van der Waals surface area contributed by atoms with E-state index in [-0.39, 0.29) is 105 Å². The van der Waals surface area contributed by atoms with E-state index in [1.54, 1.807) is 62.6 Å². The molecule has 426 valence electrons. The van der Waals surface area contributed by atoms with Crippen LogP contribution >= 0.6 is 0 Å². The van der Waals surface area contributed by atoms with Crippen LogP contribution in [0.15, 0.2) is 53.3 Å². The maximum atomic E-state index is 15.5. The normalized spacial score (nSPS) is 17.7. The van der Waals surface area contributed by atoms with Crippen molar-refractivity contribution in [1.82, 2.24) is 34.9 Å². The minimum Gasteiger partial charge on any atom is -0.458 e. The lowest BCUT2D eigenvalue weighted by atomic mass is 9.81. The molecule has 4 aliphatic rings. The number of ether oxygens (including phenoxy) is 3. The second-order valence-corrected chi connectivity index (χ2v) is 21.7. The number of hydrogen-bond donors (Lipinski definition) is 3. The first-order chi connectivity index (χ1) is 38.2. The average Bonchev–Trinajstić information content (AvgIpc) is 4.07. The van der Waals surface area contributed by atoms with Crippen molar-refractivity contribution in [2.75, 3.05) is 45.8 Å². The number of pyridine rings is 2. The van der Waals surface area contributed by atoms with Gasteiger partial charge in [0.25, 0.3) is 17.4 Å². The van der Waals surface area contributed by atoms with Gasteiger partial charge in [-0.1, -0.05) is 53.2 Å². The van der Waals surface area contributed by atoms with Crippen LogP contribution in [0.1, 0.15) is 131 Å². The highest BCUT2D eigenvalue weighted by Crippen LogP contribution is 2.46.